The number of nitrogens with zero attached hydrogens (tertiary/aromatic N) is 3. The zero-order valence-corrected chi connectivity index (χ0v) is 14.9. The molecule has 0 aliphatic heterocycles. The first-order valence-corrected chi connectivity index (χ1v) is 8.43. The van der Waals surface area contributed by atoms with Gasteiger partial charge in [-0.25, -0.2) is 9.37 Å². The van der Waals surface area contributed by atoms with E-state index >= 15 is 0 Å². The summed E-state index contributed by atoms with van der Waals surface area (Å²) in [4.78, 5) is 16.5. The lowest BCUT2D eigenvalue weighted by Gasteiger charge is -2.09. The third-order valence-electron chi connectivity index (χ3n) is 4.21. The van der Waals surface area contributed by atoms with E-state index in [-0.39, 0.29) is 17.2 Å². The molecule has 0 radical (unpaired) electrons. The topological polar surface area (TPSA) is 99.0 Å². The lowest BCUT2D eigenvalue weighted by atomic mass is 10.1. The monoisotopic (exact) mass is 377 g/mol. The zero-order valence-electron chi connectivity index (χ0n) is 14.9. The summed E-state index contributed by atoms with van der Waals surface area (Å²) >= 11 is 0. The van der Waals surface area contributed by atoms with Crippen molar-refractivity contribution in [3.05, 3.63) is 72.2 Å². The molecule has 1 amide bonds. The number of aromatic nitrogens is 3. The van der Waals surface area contributed by atoms with Crippen molar-refractivity contribution in [1.29, 1.82) is 0 Å². The minimum Gasteiger partial charge on any atom is -0.463 e. The molecule has 3 N–H and O–H groups in total. The number of hydrogen-bond donors (Lipinski definition) is 2. The predicted octanol–water partition coefficient (Wildman–Crippen LogP) is 3.72. The SMILES string of the molecule is Cn1nc(-c2ccco2)cc1-c1ccc(NC(=O)c2ccccc2F)nc1N. The number of nitrogens with one attached hydrogen (secondary N) is 1. The predicted molar refractivity (Wildman–Crippen MR) is 103 cm³/mol. The Hall–Kier alpha value is -3.94. The number of halogens is 1. The van der Waals surface area contributed by atoms with Gasteiger partial charge >= 0.3 is 0 Å². The first-order chi connectivity index (χ1) is 13.5. The van der Waals surface area contributed by atoms with Crippen LogP contribution in [-0.4, -0.2) is 20.7 Å². The number of nitrogens with two attached hydrogens (primary N) is 1. The van der Waals surface area contributed by atoms with Gasteiger partial charge in [0.1, 0.15) is 23.1 Å². The van der Waals surface area contributed by atoms with Crippen molar-refractivity contribution in [2.75, 3.05) is 11.1 Å². The fourth-order valence-electron chi connectivity index (χ4n) is 2.85. The Bertz CT molecular complexity index is 1150. The van der Waals surface area contributed by atoms with Crippen LogP contribution in [0.5, 0.6) is 0 Å². The molecule has 1 aromatic carbocycles. The summed E-state index contributed by atoms with van der Waals surface area (Å²) < 4.78 is 20.8. The number of pyridine rings is 1. The molecule has 0 aliphatic rings. The van der Waals surface area contributed by atoms with Crippen LogP contribution in [0.1, 0.15) is 10.4 Å². The maximum absolute atomic E-state index is 13.7. The first kappa shape index (κ1) is 17.5. The molecule has 7 nitrogen and oxygen atoms in total. The van der Waals surface area contributed by atoms with Crippen molar-refractivity contribution in [2.45, 2.75) is 0 Å². The highest BCUT2D eigenvalue weighted by molar-refractivity contribution is 6.04. The van der Waals surface area contributed by atoms with Gasteiger partial charge in [-0.2, -0.15) is 5.10 Å². The molecule has 8 heteroatoms. The molecule has 0 fully saturated rings. The van der Waals surface area contributed by atoms with Gasteiger partial charge in [-0.3, -0.25) is 9.48 Å². The van der Waals surface area contributed by atoms with E-state index in [2.05, 4.69) is 15.4 Å². The Balaban J connectivity index is 1.60. The van der Waals surface area contributed by atoms with Crippen molar-refractivity contribution < 1.29 is 13.6 Å². The van der Waals surface area contributed by atoms with E-state index in [1.54, 1.807) is 42.3 Å². The van der Waals surface area contributed by atoms with E-state index in [0.29, 0.717) is 17.0 Å². The lowest BCUT2D eigenvalue weighted by Crippen LogP contribution is -2.15. The van der Waals surface area contributed by atoms with Crippen molar-refractivity contribution in [2.24, 2.45) is 7.05 Å². The molecular weight excluding hydrogens is 361 g/mol. The van der Waals surface area contributed by atoms with Gasteiger partial charge in [0.25, 0.3) is 5.91 Å². The average Bonchev–Trinajstić information content (AvgIpc) is 3.32. The molecule has 3 heterocycles. The number of carbonyl (C=O) groups excluding carboxylic acids is 1. The third kappa shape index (κ3) is 3.23. The molecule has 4 aromatic rings. The number of hydrogen-bond acceptors (Lipinski definition) is 5. The second-order valence-electron chi connectivity index (χ2n) is 6.08. The Labute approximate surface area is 159 Å². The number of benzene rings is 1. The van der Waals surface area contributed by atoms with Crippen molar-refractivity contribution in [1.82, 2.24) is 14.8 Å². The standard InChI is InChI=1S/C20H16FN5O2/c1-26-16(11-15(25-26)17-7-4-10-28-17)13-8-9-18(23-19(13)22)24-20(27)12-5-2-3-6-14(12)21/h2-11H,1H3,(H3,22,23,24,27). The lowest BCUT2D eigenvalue weighted by molar-refractivity contribution is 0.102. The van der Waals surface area contributed by atoms with Gasteiger partial charge in [0.15, 0.2) is 5.76 Å². The van der Waals surface area contributed by atoms with Crippen LogP contribution in [0.15, 0.2) is 65.3 Å². The van der Waals surface area contributed by atoms with Crippen LogP contribution in [0.2, 0.25) is 0 Å². The summed E-state index contributed by atoms with van der Waals surface area (Å²) in [5, 5.41) is 6.97. The maximum Gasteiger partial charge on any atom is 0.259 e. The van der Waals surface area contributed by atoms with Gasteiger partial charge < -0.3 is 15.5 Å². The van der Waals surface area contributed by atoms with Crippen molar-refractivity contribution in [3.63, 3.8) is 0 Å². The number of anilines is 2. The largest absolute Gasteiger partial charge is 0.463 e. The Kier molecular flexibility index (Phi) is 4.36. The molecule has 3 aromatic heterocycles. The second kappa shape index (κ2) is 6.99. The fraction of sp³-hybridized carbons (Fsp3) is 0.0500. The molecule has 0 atom stereocenters. The minimum absolute atomic E-state index is 0.0679. The van der Waals surface area contributed by atoms with E-state index in [9.17, 15) is 9.18 Å². The van der Waals surface area contributed by atoms with Crippen LogP contribution in [0.4, 0.5) is 16.0 Å². The van der Waals surface area contributed by atoms with E-state index in [1.807, 2.05) is 12.1 Å². The highest BCUT2D eigenvalue weighted by Gasteiger charge is 2.16. The summed E-state index contributed by atoms with van der Waals surface area (Å²) in [6, 6.07) is 14.5. The van der Waals surface area contributed by atoms with E-state index in [1.165, 1.54) is 18.2 Å². The molecular formula is C20H16FN5O2. The highest BCUT2D eigenvalue weighted by atomic mass is 19.1. The molecule has 0 unspecified atom stereocenters. The van der Waals surface area contributed by atoms with Crippen LogP contribution in [0, 0.1) is 5.82 Å². The van der Waals surface area contributed by atoms with E-state index in [4.69, 9.17) is 10.2 Å². The molecule has 140 valence electrons. The van der Waals surface area contributed by atoms with Crippen LogP contribution in [0.25, 0.3) is 22.7 Å². The summed E-state index contributed by atoms with van der Waals surface area (Å²) in [5.74, 6) is -0.131. The number of amides is 1. The molecule has 0 saturated heterocycles. The fourth-order valence-corrected chi connectivity index (χ4v) is 2.85. The van der Waals surface area contributed by atoms with Gasteiger partial charge in [-0.1, -0.05) is 12.1 Å². The maximum atomic E-state index is 13.7. The zero-order chi connectivity index (χ0) is 19.7. The highest BCUT2D eigenvalue weighted by Crippen LogP contribution is 2.29. The van der Waals surface area contributed by atoms with Gasteiger partial charge in [0.05, 0.1) is 17.5 Å². The normalized spacial score (nSPS) is 10.8. The minimum atomic E-state index is -0.607. The van der Waals surface area contributed by atoms with E-state index < -0.39 is 11.7 Å². The first-order valence-electron chi connectivity index (χ1n) is 8.43. The molecule has 0 spiro atoms. The van der Waals surface area contributed by atoms with Crippen LogP contribution >= 0.6 is 0 Å². The molecule has 0 bridgehead atoms. The van der Waals surface area contributed by atoms with Crippen LogP contribution in [0.3, 0.4) is 0 Å². The summed E-state index contributed by atoms with van der Waals surface area (Å²) in [6.45, 7) is 0. The van der Waals surface area contributed by atoms with Crippen molar-refractivity contribution >= 4 is 17.5 Å². The average molecular weight is 377 g/mol. The van der Waals surface area contributed by atoms with Crippen LogP contribution < -0.4 is 11.1 Å². The van der Waals surface area contributed by atoms with Gasteiger partial charge in [-0.05, 0) is 42.5 Å². The molecule has 0 saturated carbocycles. The second-order valence-corrected chi connectivity index (χ2v) is 6.08. The van der Waals surface area contributed by atoms with E-state index in [0.717, 1.165) is 5.69 Å². The summed E-state index contributed by atoms with van der Waals surface area (Å²) in [5.41, 5.74) is 8.08. The van der Waals surface area contributed by atoms with Gasteiger partial charge in [-0.15, -0.1) is 0 Å². The molecule has 4 rings (SSSR count). The van der Waals surface area contributed by atoms with Crippen molar-refractivity contribution in [3.8, 4) is 22.7 Å². The summed E-state index contributed by atoms with van der Waals surface area (Å²) in [6.07, 6.45) is 1.58. The number of furan rings is 1. The Morgan fingerprint density at radius 3 is 2.71 bits per heavy atom. The van der Waals surface area contributed by atoms with Crippen LogP contribution in [-0.2, 0) is 7.05 Å². The summed E-state index contributed by atoms with van der Waals surface area (Å²) in [7, 11) is 1.79. The number of aryl methyl sites for hydroxylation is 1. The number of nitrogen functional groups attached to an aromatic ring is 1. The Morgan fingerprint density at radius 2 is 2.00 bits per heavy atom. The van der Waals surface area contributed by atoms with Gasteiger partial charge in [0, 0.05) is 12.6 Å². The Morgan fingerprint density at radius 1 is 1.18 bits per heavy atom. The third-order valence-corrected chi connectivity index (χ3v) is 4.21. The number of rotatable bonds is 4. The smallest absolute Gasteiger partial charge is 0.259 e. The molecule has 28 heavy (non-hydrogen) atoms. The van der Waals surface area contributed by atoms with Gasteiger partial charge in [0.2, 0.25) is 0 Å². The number of carbonyl (C=O) groups is 1. The quantitative estimate of drug-likeness (QED) is 0.565. The molecule has 0 aliphatic carbocycles.